The summed E-state index contributed by atoms with van der Waals surface area (Å²) in [7, 11) is 0. The summed E-state index contributed by atoms with van der Waals surface area (Å²) in [4.78, 5) is 25.1. The van der Waals surface area contributed by atoms with Crippen LogP contribution in [0.15, 0.2) is 217 Å². The Balaban J connectivity index is 1.00. The second-order valence-corrected chi connectivity index (χ2v) is 14.9. The number of benzene rings is 8. The van der Waals surface area contributed by atoms with Crippen molar-refractivity contribution in [1.82, 2.24) is 24.9 Å². The van der Waals surface area contributed by atoms with Gasteiger partial charge in [-0.2, -0.15) is 0 Å². The molecule has 286 valence electrons. The molecule has 0 N–H and O–H groups in total. The maximum absolute atomic E-state index is 6.95. The first-order valence-corrected chi connectivity index (χ1v) is 20.2. The average Bonchev–Trinajstić information content (AvgIpc) is 3.74. The second-order valence-electron chi connectivity index (χ2n) is 14.9. The predicted molar refractivity (Wildman–Crippen MR) is 246 cm³/mol. The Hall–Kier alpha value is -8.35. The fourth-order valence-electron chi connectivity index (χ4n) is 7.95. The van der Waals surface area contributed by atoms with E-state index >= 15 is 0 Å². The van der Waals surface area contributed by atoms with Crippen molar-refractivity contribution in [2.24, 2.45) is 0 Å². The molecule has 8 aromatic carbocycles. The first-order valence-electron chi connectivity index (χ1n) is 20.2. The van der Waals surface area contributed by atoms with Gasteiger partial charge in [-0.3, -0.25) is 0 Å². The molecule has 0 radical (unpaired) electrons. The van der Waals surface area contributed by atoms with E-state index in [1.165, 1.54) is 0 Å². The Bertz CT molecular complexity index is 3010. The molecule has 0 fully saturated rings. The van der Waals surface area contributed by atoms with E-state index in [9.17, 15) is 0 Å². The summed E-state index contributed by atoms with van der Waals surface area (Å²) in [5, 5.41) is 2.09. The molecule has 61 heavy (non-hydrogen) atoms. The molecule has 6 heteroatoms. The number of nitrogens with zero attached hydrogens (tertiary/aromatic N) is 5. The van der Waals surface area contributed by atoms with Crippen LogP contribution in [0.25, 0.3) is 112 Å². The number of aromatic nitrogens is 5. The number of hydrogen-bond acceptors (Lipinski definition) is 6. The van der Waals surface area contributed by atoms with Crippen LogP contribution >= 0.6 is 0 Å². The minimum Gasteiger partial charge on any atom is -0.455 e. The highest BCUT2D eigenvalue weighted by Gasteiger charge is 2.19. The highest BCUT2D eigenvalue weighted by Crippen LogP contribution is 2.41. The molecule has 3 aromatic heterocycles. The van der Waals surface area contributed by atoms with Gasteiger partial charge in [-0.05, 0) is 29.3 Å². The van der Waals surface area contributed by atoms with Crippen molar-refractivity contribution in [2.45, 2.75) is 0 Å². The van der Waals surface area contributed by atoms with E-state index in [0.29, 0.717) is 23.3 Å². The summed E-state index contributed by atoms with van der Waals surface area (Å²) in [6, 6.07) is 72.1. The summed E-state index contributed by atoms with van der Waals surface area (Å²) in [6.07, 6.45) is 0. The van der Waals surface area contributed by atoms with Gasteiger partial charge in [-0.1, -0.05) is 194 Å². The Morgan fingerprint density at radius 3 is 1.00 bits per heavy atom. The lowest BCUT2D eigenvalue weighted by Crippen LogP contribution is -2.00. The molecule has 0 bridgehead atoms. The van der Waals surface area contributed by atoms with E-state index in [4.69, 9.17) is 29.3 Å². The molecule has 0 saturated heterocycles. The minimum absolute atomic E-state index is 0.600. The van der Waals surface area contributed by atoms with Gasteiger partial charge in [0.25, 0.3) is 0 Å². The molecule has 0 aliphatic rings. The number of hydrogen-bond donors (Lipinski definition) is 0. The Morgan fingerprint density at radius 2 is 0.574 bits per heavy atom. The highest BCUT2D eigenvalue weighted by atomic mass is 16.3. The van der Waals surface area contributed by atoms with Gasteiger partial charge in [0.2, 0.25) is 0 Å². The van der Waals surface area contributed by atoms with E-state index in [1.54, 1.807) is 0 Å². The van der Waals surface area contributed by atoms with E-state index < -0.39 is 0 Å². The molecular formula is C55H35N5O. The molecule has 0 saturated carbocycles. The van der Waals surface area contributed by atoms with Crippen LogP contribution in [0.5, 0.6) is 0 Å². The topological polar surface area (TPSA) is 77.6 Å². The van der Waals surface area contributed by atoms with Crippen LogP contribution in [0.3, 0.4) is 0 Å². The van der Waals surface area contributed by atoms with Crippen LogP contribution in [0.2, 0.25) is 0 Å². The van der Waals surface area contributed by atoms with E-state index in [2.05, 4.69) is 109 Å². The summed E-state index contributed by atoms with van der Waals surface area (Å²) in [6.45, 7) is 0. The lowest BCUT2D eigenvalue weighted by molar-refractivity contribution is 0.671. The summed E-state index contributed by atoms with van der Waals surface area (Å²) >= 11 is 0. The third-order valence-electron chi connectivity index (χ3n) is 11.0. The van der Waals surface area contributed by atoms with Crippen molar-refractivity contribution >= 4 is 21.9 Å². The predicted octanol–water partition coefficient (Wildman–Crippen LogP) is 13.9. The zero-order valence-corrected chi connectivity index (χ0v) is 32.9. The van der Waals surface area contributed by atoms with Gasteiger partial charge in [-0.15, -0.1) is 0 Å². The quantitative estimate of drug-likeness (QED) is 0.153. The maximum atomic E-state index is 6.95. The molecular weight excluding hydrogens is 747 g/mol. The van der Waals surface area contributed by atoms with Crippen molar-refractivity contribution in [3.63, 3.8) is 0 Å². The van der Waals surface area contributed by atoms with E-state index in [-0.39, 0.29) is 0 Å². The molecule has 11 aromatic rings. The third kappa shape index (κ3) is 6.92. The first kappa shape index (κ1) is 35.8. The molecule has 0 aliphatic heterocycles. The van der Waals surface area contributed by atoms with Gasteiger partial charge < -0.3 is 4.42 Å². The normalized spacial score (nSPS) is 11.3. The Labute approximate surface area is 352 Å². The van der Waals surface area contributed by atoms with Crippen molar-refractivity contribution in [2.75, 3.05) is 0 Å². The number of para-hydroxylation sites is 2. The summed E-state index contributed by atoms with van der Waals surface area (Å²) < 4.78 is 6.95. The zero-order chi connectivity index (χ0) is 40.5. The van der Waals surface area contributed by atoms with Crippen molar-refractivity contribution in [3.8, 4) is 90.3 Å². The maximum Gasteiger partial charge on any atom is 0.164 e. The molecule has 0 unspecified atom stereocenters. The SMILES string of the molecule is c1ccc(-c2cc(-c3ccccc3)nc(-c3cccc(-c4cccc5c4oc4c(-c6cccc(-c7nc(-c8ccccc8)nc(-c8ccccc8)n7)c6)cccc45)c3)n2)cc1. The fraction of sp³-hybridized carbons (Fsp3) is 0. The van der Waals surface area contributed by atoms with Crippen molar-refractivity contribution in [3.05, 3.63) is 212 Å². The molecule has 0 amide bonds. The van der Waals surface area contributed by atoms with E-state index in [1.807, 2.05) is 103 Å². The lowest BCUT2D eigenvalue weighted by atomic mass is 9.98. The molecule has 3 heterocycles. The molecule has 6 nitrogen and oxygen atoms in total. The monoisotopic (exact) mass is 781 g/mol. The Kier molecular flexibility index (Phi) is 9.06. The second kappa shape index (κ2) is 15.4. The summed E-state index contributed by atoms with van der Waals surface area (Å²) in [5.74, 6) is 2.50. The average molecular weight is 782 g/mol. The van der Waals surface area contributed by atoms with Crippen LogP contribution in [0, 0.1) is 0 Å². The first-order chi connectivity index (χ1) is 30.2. The van der Waals surface area contributed by atoms with Crippen LogP contribution < -0.4 is 0 Å². The van der Waals surface area contributed by atoms with Crippen LogP contribution in [0.4, 0.5) is 0 Å². The van der Waals surface area contributed by atoms with Crippen LogP contribution in [-0.4, -0.2) is 24.9 Å². The smallest absolute Gasteiger partial charge is 0.164 e. The third-order valence-corrected chi connectivity index (χ3v) is 11.0. The summed E-state index contributed by atoms with van der Waals surface area (Å²) in [5.41, 5.74) is 13.1. The minimum atomic E-state index is 0.600. The van der Waals surface area contributed by atoms with Crippen LogP contribution in [-0.2, 0) is 0 Å². The van der Waals surface area contributed by atoms with Crippen molar-refractivity contribution in [1.29, 1.82) is 0 Å². The van der Waals surface area contributed by atoms with Crippen LogP contribution in [0.1, 0.15) is 0 Å². The van der Waals surface area contributed by atoms with Crippen molar-refractivity contribution < 1.29 is 4.42 Å². The number of rotatable bonds is 8. The molecule has 0 atom stereocenters. The van der Waals surface area contributed by atoms with Gasteiger partial charge in [0, 0.05) is 55.3 Å². The van der Waals surface area contributed by atoms with E-state index in [0.717, 1.165) is 89.0 Å². The molecule has 0 aliphatic carbocycles. The standard InChI is InChI=1S/C55H35N5O/c1-5-17-36(18-6-1)48-35-49(37-19-7-2-8-20-37)57-54(56-48)42-27-13-25-40(33-42)44-29-15-31-46-47-32-16-30-45(51(47)61-50(44)46)41-26-14-28-43(34-41)55-59-52(38-21-9-3-10-22-38)58-53(60-55)39-23-11-4-12-24-39/h1-35H. The zero-order valence-electron chi connectivity index (χ0n) is 32.9. The van der Waals surface area contributed by atoms with Gasteiger partial charge >= 0.3 is 0 Å². The number of fused-ring (bicyclic) bond motifs is 3. The molecule has 11 rings (SSSR count). The van der Waals surface area contributed by atoms with Gasteiger partial charge in [0.1, 0.15) is 11.2 Å². The fourth-order valence-corrected chi connectivity index (χ4v) is 7.95. The molecule has 0 spiro atoms. The highest BCUT2D eigenvalue weighted by molar-refractivity contribution is 6.13. The Morgan fingerprint density at radius 1 is 0.246 bits per heavy atom. The largest absolute Gasteiger partial charge is 0.455 e. The van der Waals surface area contributed by atoms with Gasteiger partial charge in [0.15, 0.2) is 23.3 Å². The number of furan rings is 1. The van der Waals surface area contributed by atoms with Gasteiger partial charge in [0.05, 0.1) is 11.4 Å². The lowest BCUT2D eigenvalue weighted by Gasteiger charge is -2.10. The van der Waals surface area contributed by atoms with Gasteiger partial charge in [-0.25, -0.2) is 24.9 Å².